The van der Waals surface area contributed by atoms with Gasteiger partial charge in [0.05, 0.1) is 31.6 Å². The molecule has 1 spiro atoms. The number of furan rings is 1. The Labute approximate surface area is 92.9 Å². The highest BCUT2D eigenvalue weighted by Gasteiger charge is 2.44. The third kappa shape index (κ3) is 1.52. The van der Waals surface area contributed by atoms with Crippen molar-refractivity contribution in [3.05, 3.63) is 24.2 Å². The minimum Gasteiger partial charge on any atom is -0.472 e. The highest BCUT2D eigenvalue weighted by Crippen LogP contribution is 2.31. The Morgan fingerprint density at radius 3 is 2.88 bits per heavy atom. The van der Waals surface area contributed by atoms with Crippen LogP contribution in [0.3, 0.4) is 0 Å². The van der Waals surface area contributed by atoms with Crippen molar-refractivity contribution in [2.75, 3.05) is 26.3 Å². The van der Waals surface area contributed by atoms with Crippen molar-refractivity contribution in [2.24, 2.45) is 0 Å². The average molecular weight is 223 g/mol. The molecule has 0 N–H and O–H groups in total. The van der Waals surface area contributed by atoms with Crippen LogP contribution in [0.5, 0.6) is 0 Å². The van der Waals surface area contributed by atoms with Gasteiger partial charge >= 0.3 is 0 Å². The molecule has 86 valence electrons. The Morgan fingerprint density at radius 1 is 1.38 bits per heavy atom. The van der Waals surface area contributed by atoms with Crippen LogP contribution >= 0.6 is 0 Å². The predicted octanol–water partition coefficient (Wildman–Crippen LogP) is 0.869. The van der Waals surface area contributed by atoms with Gasteiger partial charge in [-0.15, -0.1) is 0 Å². The number of hydrogen-bond donors (Lipinski definition) is 0. The molecule has 0 bridgehead atoms. The molecular formula is C11H13NO4. The summed E-state index contributed by atoms with van der Waals surface area (Å²) in [6.07, 6.45) is 3.71. The van der Waals surface area contributed by atoms with E-state index in [9.17, 15) is 4.79 Å². The van der Waals surface area contributed by atoms with E-state index in [1.165, 1.54) is 12.5 Å². The molecular weight excluding hydrogens is 210 g/mol. The first kappa shape index (κ1) is 9.86. The molecule has 5 heteroatoms. The molecule has 5 nitrogen and oxygen atoms in total. The lowest BCUT2D eigenvalue weighted by atomic mass is 10.2. The first-order chi connectivity index (χ1) is 7.79. The highest BCUT2D eigenvalue weighted by atomic mass is 16.7. The molecule has 2 aliphatic heterocycles. The summed E-state index contributed by atoms with van der Waals surface area (Å²) in [7, 11) is 0. The number of carbonyl (C=O) groups excluding carboxylic acids is 1. The minimum absolute atomic E-state index is 0.0234. The van der Waals surface area contributed by atoms with Crippen molar-refractivity contribution in [1.29, 1.82) is 0 Å². The number of likely N-dealkylation sites (tertiary alicyclic amines) is 1. The van der Waals surface area contributed by atoms with E-state index in [1.807, 2.05) is 0 Å². The van der Waals surface area contributed by atoms with Crippen molar-refractivity contribution >= 4 is 5.91 Å². The predicted molar refractivity (Wildman–Crippen MR) is 53.9 cm³/mol. The van der Waals surface area contributed by atoms with Gasteiger partial charge in [-0.2, -0.15) is 0 Å². The van der Waals surface area contributed by atoms with Crippen LogP contribution in [0.2, 0.25) is 0 Å². The lowest BCUT2D eigenvalue weighted by Crippen LogP contribution is -2.36. The fourth-order valence-electron chi connectivity index (χ4n) is 2.23. The summed E-state index contributed by atoms with van der Waals surface area (Å²) in [5.74, 6) is -0.566. The zero-order valence-electron chi connectivity index (χ0n) is 8.85. The molecule has 0 atom stereocenters. The number of ether oxygens (including phenoxy) is 2. The second kappa shape index (κ2) is 3.61. The van der Waals surface area contributed by atoms with E-state index in [2.05, 4.69) is 0 Å². The fraction of sp³-hybridized carbons (Fsp3) is 0.545. The van der Waals surface area contributed by atoms with E-state index in [-0.39, 0.29) is 5.91 Å². The lowest BCUT2D eigenvalue weighted by molar-refractivity contribution is -0.143. The number of rotatable bonds is 1. The number of amides is 1. The summed E-state index contributed by atoms with van der Waals surface area (Å²) >= 11 is 0. The Hall–Kier alpha value is -1.33. The molecule has 3 heterocycles. The minimum atomic E-state index is -0.542. The van der Waals surface area contributed by atoms with Crippen molar-refractivity contribution in [3.8, 4) is 0 Å². The van der Waals surface area contributed by atoms with Crippen molar-refractivity contribution in [1.82, 2.24) is 4.90 Å². The molecule has 16 heavy (non-hydrogen) atoms. The summed E-state index contributed by atoms with van der Waals surface area (Å²) in [6, 6.07) is 1.67. The number of hydrogen-bond acceptors (Lipinski definition) is 4. The molecule has 0 aromatic carbocycles. The summed E-state index contributed by atoms with van der Waals surface area (Å²) in [5.41, 5.74) is 0.579. The molecule has 1 aromatic heterocycles. The molecule has 1 aromatic rings. The lowest BCUT2D eigenvalue weighted by Gasteiger charge is -2.21. The third-order valence-corrected chi connectivity index (χ3v) is 3.06. The fourth-order valence-corrected chi connectivity index (χ4v) is 2.23. The number of carbonyl (C=O) groups is 1. The SMILES string of the molecule is O=C(c1ccoc1)N1CCC2(C1)OCCO2. The van der Waals surface area contributed by atoms with Gasteiger partial charge in [0, 0.05) is 13.0 Å². The van der Waals surface area contributed by atoms with Crippen molar-refractivity contribution in [3.63, 3.8) is 0 Å². The van der Waals surface area contributed by atoms with E-state index >= 15 is 0 Å². The van der Waals surface area contributed by atoms with Gasteiger partial charge in [0.25, 0.3) is 5.91 Å². The van der Waals surface area contributed by atoms with Gasteiger partial charge in [-0.05, 0) is 6.07 Å². The summed E-state index contributed by atoms with van der Waals surface area (Å²) in [5, 5.41) is 0. The first-order valence-electron chi connectivity index (χ1n) is 5.38. The quantitative estimate of drug-likeness (QED) is 0.708. The molecule has 0 radical (unpaired) electrons. The molecule has 2 fully saturated rings. The first-order valence-corrected chi connectivity index (χ1v) is 5.38. The van der Waals surface area contributed by atoms with Gasteiger partial charge in [0.1, 0.15) is 6.26 Å². The molecule has 1 amide bonds. The second-order valence-electron chi connectivity index (χ2n) is 4.10. The van der Waals surface area contributed by atoms with Crippen LogP contribution < -0.4 is 0 Å². The largest absolute Gasteiger partial charge is 0.472 e. The Morgan fingerprint density at radius 2 is 2.19 bits per heavy atom. The van der Waals surface area contributed by atoms with Gasteiger partial charge in [0.15, 0.2) is 5.79 Å². The Kier molecular flexibility index (Phi) is 2.22. The molecule has 2 saturated heterocycles. The van der Waals surface area contributed by atoms with Gasteiger partial charge in [0.2, 0.25) is 0 Å². The van der Waals surface area contributed by atoms with Crippen LogP contribution in [-0.4, -0.2) is 42.9 Å². The average Bonchev–Trinajstić information content (AvgIpc) is 3.01. The van der Waals surface area contributed by atoms with Crippen LogP contribution in [0.4, 0.5) is 0 Å². The maximum atomic E-state index is 12.0. The van der Waals surface area contributed by atoms with E-state index in [4.69, 9.17) is 13.9 Å². The van der Waals surface area contributed by atoms with Gasteiger partial charge in [-0.3, -0.25) is 4.79 Å². The van der Waals surface area contributed by atoms with Crippen LogP contribution in [-0.2, 0) is 9.47 Å². The summed E-state index contributed by atoms with van der Waals surface area (Å²) in [4.78, 5) is 13.7. The molecule has 0 saturated carbocycles. The second-order valence-corrected chi connectivity index (χ2v) is 4.10. The van der Waals surface area contributed by atoms with Gasteiger partial charge < -0.3 is 18.8 Å². The zero-order valence-corrected chi connectivity index (χ0v) is 8.85. The maximum Gasteiger partial charge on any atom is 0.257 e. The molecule has 0 unspecified atom stereocenters. The van der Waals surface area contributed by atoms with Crippen LogP contribution in [0.25, 0.3) is 0 Å². The van der Waals surface area contributed by atoms with E-state index in [0.717, 1.165) is 6.42 Å². The molecule has 3 rings (SSSR count). The van der Waals surface area contributed by atoms with Crippen LogP contribution in [0.15, 0.2) is 23.0 Å². The summed E-state index contributed by atoms with van der Waals surface area (Å²) < 4.78 is 16.0. The van der Waals surface area contributed by atoms with E-state index < -0.39 is 5.79 Å². The van der Waals surface area contributed by atoms with Crippen molar-refractivity contribution in [2.45, 2.75) is 12.2 Å². The summed E-state index contributed by atoms with van der Waals surface area (Å²) in [6.45, 7) is 2.42. The monoisotopic (exact) mass is 223 g/mol. The van der Waals surface area contributed by atoms with Crippen molar-refractivity contribution < 1.29 is 18.7 Å². The maximum absolute atomic E-state index is 12.0. The Balaban J connectivity index is 1.72. The molecule has 2 aliphatic rings. The van der Waals surface area contributed by atoms with Gasteiger partial charge in [-0.25, -0.2) is 0 Å². The van der Waals surface area contributed by atoms with Crippen LogP contribution in [0.1, 0.15) is 16.8 Å². The third-order valence-electron chi connectivity index (χ3n) is 3.06. The molecule has 0 aliphatic carbocycles. The van der Waals surface area contributed by atoms with E-state index in [1.54, 1.807) is 11.0 Å². The standard InChI is InChI=1S/C11H13NO4/c13-10(9-1-4-14-7-9)12-3-2-11(8-12)15-5-6-16-11/h1,4,7H,2-3,5-6,8H2. The number of nitrogens with zero attached hydrogens (tertiary/aromatic N) is 1. The highest BCUT2D eigenvalue weighted by molar-refractivity contribution is 5.94. The Bertz CT molecular complexity index is 381. The smallest absolute Gasteiger partial charge is 0.257 e. The van der Waals surface area contributed by atoms with Gasteiger partial charge in [-0.1, -0.05) is 0 Å². The van der Waals surface area contributed by atoms with E-state index in [0.29, 0.717) is 31.9 Å². The zero-order chi connectivity index (χ0) is 11.0. The van der Waals surface area contributed by atoms with Crippen LogP contribution in [0, 0.1) is 0 Å². The topological polar surface area (TPSA) is 51.9 Å². The normalized spacial score (nSPS) is 23.1.